The molecule has 0 spiro atoms. The quantitative estimate of drug-likeness (QED) is 0.892. The van der Waals surface area contributed by atoms with Crippen LogP contribution in [0.25, 0.3) is 5.70 Å². The molecule has 0 saturated carbocycles. The van der Waals surface area contributed by atoms with Gasteiger partial charge < -0.3 is 5.11 Å². The number of fused-ring (bicyclic) bond motifs is 1. The largest absolute Gasteiger partial charge is 0.508 e. The molecule has 4 rings (SSSR count). The smallest absolute Gasteiger partial charge is 0.189 e. The zero-order valence-corrected chi connectivity index (χ0v) is 13.6. The van der Waals surface area contributed by atoms with E-state index in [1.54, 1.807) is 23.9 Å². The third-order valence-corrected chi connectivity index (χ3v) is 4.72. The molecule has 0 unspecified atom stereocenters. The summed E-state index contributed by atoms with van der Waals surface area (Å²) in [5.74, 6) is 0.248. The average molecular weight is 342 g/mol. The fourth-order valence-corrected chi connectivity index (χ4v) is 3.38. The first kappa shape index (κ1) is 14.4. The second kappa shape index (κ2) is 5.76. The van der Waals surface area contributed by atoms with E-state index in [2.05, 4.69) is 4.99 Å². The van der Waals surface area contributed by atoms with Crippen molar-refractivity contribution >= 4 is 39.9 Å². The van der Waals surface area contributed by atoms with Crippen LogP contribution in [0.5, 0.6) is 5.75 Å². The molecule has 114 valence electrons. The van der Waals surface area contributed by atoms with Crippen LogP contribution >= 0.6 is 23.4 Å². The van der Waals surface area contributed by atoms with Gasteiger partial charge in [0.25, 0.3) is 0 Å². The SMILES string of the molecule is Oc1ccc(C2=CSC3=NCC(c4ccc(Cl)cc4)=NN23)cc1. The van der Waals surface area contributed by atoms with Crippen LogP contribution in [0, 0.1) is 0 Å². The van der Waals surface area contributed by atoms with E-state index in [0.29, 0.717) is 11.6 Å². The summed E-state index contributed by atoms with van der Waals surface area (Å²) in [6, 6.07) is 14.7. The second-order valence-corrected chi connectivity index (χ2v) is 6.40. The van der Waals surface area contributed by atoms with Crippen LogP contribution in [-0.4, -0.2) is 27.5 Å². The topological polar surface area (TPSA) is 48.2 Å². The number of rotatable bonds is 2. The molecular formula is C17H12ClN3OS. The maximum Gasteiger partial charge on any atom is 0.189 e. The maximum absolute atomic E-state index is 9.44. The van der Waals surface area contributed by atoms with Gasteiger partial charge in [-0.25, -0.2) is 5.01 Å². The molecule has 0 aromatic heterocycles. The van der Waals surface area contributed by atoms with Crippen LogP contribution in [0.3, 0.4) is 0 Å². The molecular weight excluding hydrogens is 330 g/mol. The van der Waals surface area contributed by atoms with E-state index in [1.807, 2.05) is 46.8 Å². The number of aromatic hydroxyl groups is 1. The van der Waals surface area contributed by atoms with Crippen molar-refractivity contribution in [3.05, 3.63) is 70.1 Å². The van der Waals surface area contributed by atoms with Gasteiger partial charge >= 0.3 is 0 Å². The van der Waals surface area contributed by atoms with Gasteiger partial charge in [0.15, 0.2) is 5.17 Å². The average Bonchev–Trinajstić information content (AvgIpc) is 2.99. The van der Waals surface area contributed by atoms with Gasteiger partial charge in [0, 0.05) is 16.0 Å². The van der Waals surface area contributed by atoms with E-state index in [-0.39, 0.29) is 5.75 Å². The third kappa shape index (κ3) is 2.73. The van der Waals surface area contributed by atoms with Crippen molar-refractivity contribution in [3.8, 4) is 5.75 Å². The third-order valence-electron chi connectivity index (χ3n) is 3.61. The predicted molar refractivity (Wildman–Crippen MR) is 95.8 cm³/mol. The molecule has 0 radical (unpaired) electrons. The Labute approximate surface area is 142 Å². The van der Waals surface area contributed by atoms with Crippen molar-refractivity contribution in [2.75, 3.05) is 6.54 Å². The molecule has 0 aliphatic carbocycles. The fourth-order valence-electron chi connectivity index (χ4n) is 2.42. The summed E-state index contributed by atoms with van der Waals surface area (Å²) in [7, 11) is 0. The van der Waals surface area contributed by atoms with Gasteiger partial charge in [-0.15, -0.1) is 0 Å². The summed E-state index contributed by atoms with van der Waals surface area (Å²) < 4.78 is 0. The molecule has 2 aliphatic heterocycles. The second-order valence-electron chi connectivity index (χ2n) is 5.13. The van der Waals surface area contributed by atoms with E-state index >= 15 is 0 Å². The molecule has 23 heavy (non-hydrogen) atoms. The Kier molecular flexibility index (Phi) is 3.59. The fraction of sp³-hybridized carbons (Fsp3) is 0.0588. The number of hydrogen-bond acceptors (Lipinski definition) is 5. The van der Waals surface area contributed by atoms with Crippen molar-refractivity contribution in [1.29, 1.82) is 0 Å². The van der Waals surface area contributed by atoms with Crippen molar-refractivity contribution in [1.82, 2.24) is 5.01 Å². The van der Waals surface area contributed by atoms with E-state index in [0.717, 1.165) is 27.7 Å². The standard InChI is InChI=1S/C17H12ClN3OS/c18-13-5-1-11(2-6-13)15-9-19-17-21(20-15)16(10-23-17)12-3-7-14(22)8-4-12/h1-8,10,22H,9H2. The van der Waals surface area contributed by atoms with Gasteiger partial charge in [-0.1, -0.05) is 35.5 Å². The Morgan fingerprint density at radius 3 is 2.43 bits per heavy atom. The van der Waals surface area contributed by atoms with E-state index < -0.39 is 0 Å². The normalized spacial score (nSPS) is 16.6. The highest BCUT2D eigenvalue weighted by molar-refractivity contribution is 8.16. The van der Waals surface area contributed by atoms with Gasteiger partial charge in [-0.2, -0.15) is 5.10 Å². The molecule has 4 nitrogen and oxygen atoms in total. The summed E-state index contributed by atoms with van der Waals surface area (Å²) in [6.07, 6.45) is 0. The molecule has 6 heteroatoms. The van der Waals surface area contributed by atoms with Crippen molar-refractivity contribution < 1.29 is 5.11 Å². The molecule has 0 amide bonds. The summed E-state index contributed by atoms with van der Waals surface area (Å²) >= 11 is 7.50. The van der Waals surface area contributed by atoms with Crippen LogP contribution in [0.2, 0.25) is 5.02 Å². The molecule has 0 fully saturated rings. The molecule has 2 aromatic carbocycles. The molecule has 0 bridgehead atoms. The minimum Gasteiger partial charge on any atom is -0.508 e. The van der Waals surface area contributed by atoms with Gasteiger partial charge in [-0.05, 0) is 42.0 Å². The number of phenols is 1. The first-order valence-electron chi connectivity index (χ1n) is 7.05. The Balaban J connectivity index is 1.68. The highest BCUT2D eigenvalue weighted by Crippen LogP contribution is 2.35. The molecule has 0 atom stereocenters. The zero-order valence-electron chi connectivity index (χ0n) is 12.0. The van der Waals surface area contributed by atoms with Gasteiger partial charge in [0.05, 0.1) is 18.0 Å². The van der Waals surface area contributed by atoms with Gasteiger partial charge in [-0.3, -0.25) is 4.99 Å². The van der Waals surface area contributed by atoms with E-state index in [4.69, 9.17) is 16.7 Å². The van der Waals surface area contributed by atoms with Crippen LogP contribution in [-0.2, 0) is 0 Å². The Bertz CT molecular complexity index is 841. The maximum atomic E-state index is 9.44. The van der Waals surface area contributed by atoms with Crippen LogP contribution in [0.1, 0.15) is 11.1 Å². The summed E-state index contributed by atoms with van der Waals surface area (Å²) in [6.45, 7) is 0.553. The van der Waals surface area contributed by atoms with Gasteiger partial charge in [0.2, 0.25) is 0 Å². The first-order valence-corrected chi connectivity index (χ1v) is 8.31. The number of nitrogens with zero attached hydrogens (tertiary/aromatic N) is 3. The lowest BCUT2D eigenvalue weighted by Crippen LogP contribution is -2.26. The van der Waals surface area contributed by atoms with Crippen LogP contribution in [0.4, 0.5) is 0 Å². The highest BCUT2D eigenvalue weighted by atomic mass is 35.5. The van der Waals surface area contributed by atoms with Crippen LogP contribution < -0.4 is 0 Å². The number of thioether (sulfide) groups is 1. The van der Waals surface area contributed by atoms with Gasteiger partial charge in [0.1, 0.15) is 5.75 Å². The summed E-state index contributed by atoms with van der Waals surface area (Å²) in [5.41, 5.74) is 3.86. The zero-order chi connectivity index (χ0) is 15.8. The molecule has 2 heterocycles. The number of benzene rings is 2. The number of halogens is 1. The number of hydrazone groups is 1. The van der Waals surface area contributed by atoms with Crippen molar-refractivity contribution in [2.24, 2.45) is 10.1 Å². The van der Waals surface area contributed by atoms with Crippen LogP contribution in [0.15, 0.2) is 64.0 Å². The molecule has 0 saturated heterocycles. The minimum absolute atomic E-state index is 0.248. The Hall–Kier alpha value is -2.24. The summed E-state index contributed by atoms with van der Waals surface area (Å²) in [5, 5.41) is 19.6. The Morgan fingerprint density at radius 1 is 1.00 bits per heavy atom. The van der Waals surface area contributed by atoms with E-state index in [9.17, 15) is 5.11 Å². The first-order chi connectivity index (χ1) is 11.2. The molecule has 1 N–H and O–H groups in total. The lowest BCUT2D eigenvalue weighted by Gasteiger charge is -2.22. The monoisotopic (exact) mass is 341 g/mol. The number of hydrogen-bond donors (Lipinski definition) is 1. The number of amidine groups is 1. The summed E-state index contributed by atoms with van der Waals surface area (Å²) in [4.78, 5) is 4.61. The van der Waals surface area contributed by atoms with E-state index in [1.165, 1.54) is 0 Å². The number of aliphatic imine (C=N–C) groups is 1. The lowest BCUT2D eigenvalue weighted by molar-refractivity contribution is 0.475. The van der Waals surface area contributed by atoms with Crippen molar-refractivity contribution in [3.63, 3.8) is 0 Å². The lowest BCUT2D eigenvalue weighted by atomic mass is 10.1. The number of phenolic OH excluding ortho intramolecular Hbond substituents is 1. The minimum atomic E-state index is 0.248. The highest BCUT2D eigenvalue weighted by Gasteiger charge is 2.27. The predicted octanol–water partition coefficient (Wildman–Crippen LogP) is 4.17. The Morgan fingerprint density at radius 2 is 1.70 bits per heavy atom. The molecule has 2 aromatic rings. The van der Waals surface area contributed by atoms with Crippen molar-refractivity contribution in [2.45, 2.75) is 0 Å². The molecule has 2 aliphatic rings.